The molecule has 1 amide bonds. The molecule has 2 rings (SSSR count). The number of anilines is 1. The van der Waals surface area contributed by atoms with Crippen molar-refractivity contribution in [1.82, 2.24) is 0 Å². The second-order valence-corrected chi connectivity index (χ2v) is 5.66. The first-order chi connectivity index (χ1) is 12.3. The molecule has 0 spiro atoms. The summed E-state index contributed by atoms with van der Waals surface area (Å²) >= 11 is 5.85. The smallest absolute Gasteiger partial charge is 0.342 e. The Morgan fingerprint density at radius 2 is 1.96 bits per heavy atom. The molecule has 0 radical (unpaired) electrons. The zero-order valence-corrected chi connectivity index (χ0v) is 14.7. The van der Waals surface area contributed by atoms with Gasteiger partial charge in [0.05, 0.1) is 17.7 Å². The fourth-order valence-electron chi connectivity index (χ4n) is 2.09. The van der Waals surface area contributed by atoms with Gasteiger partial charge >= 0.3 is 5.97 Å². The number of nitro benzene ring substituents is 1. The molecule has 2 aromatic rings. The van der Waals surface area contributed by atoms with Crippen LogP contribution in [-0.2, 0) is 9.53 Å². The Kier molecular flexibility index (Phi) is 6.13. The van der Waals surface area contributed by atoms with Crippen LogP contribution < -0.4 is 10.1 Å². The van der Waals surface area contributed by atoms with E-state index in [2.05, 4.69) is 5.32 Å². The highest BCUT2D eigenvalue weighted by atomic mass is 35.5. The Labute approximate surface area is 153 Å². The summed E-state index contributed by atoms with van der Waals surface area (Å²) in [5.74, 6) is -1.16. The van der Waals surface area contributed by atoms with E-state index in [9.17, 15) is 19.7 Å². The number of methoxy groups -OCH3 is 1. The van der Waals surface area contributed by atoms with Crippen LogP contribution in [0.5, 0.6) is 5.75 Å². The molecule has 26 heavy (non-hydrogen) atoms. The molecular weight excluding hydrogens is 364 g/mol. The Morgan fingerprint density at radius 1 is 1.23 bits per heavy atom. The molecule has 0 saturated heterocycles. The summed E-state index contributed by atoms with van der Waals surface area (Å²) in [6.07, 6.45) is 0. The molecule has 0 aliphatic heterocycles. The summed E-state index contributed by atoms with van der Waals surface area (Å²) in [4.78, 5) is 34.3. The zero-order chi connectivity index (χ0) is 19.3. The molecule has 0 heterocycles. The summed E-state index contributed by atoms with van der Waals surface area (Å²) in [6, 6.07) is 8.49. The van der Waals surface area contributed by atoms with Crippen LogP contribution in [0, 0.1) is 17.0 Å². The van der Waals surface area contributed by atoms with Crippen LogP contribution in [0.25, 0.3) is 0 Å². The number of nitro groups is 1. The number of aryl methyl sites for hydroxylation is 1. The van der Waals surface area contributed by atoms with Crippen molar-refractivity contribution in [2.75, 3.05) is 19.0 Å². The van der Waals surface area contributed by atoms with Gasteiger partial charge in [0.25, 0.3) is 11.6 Å². The number of benzene rings is 2. The van der Waals surface area contributed by atoms with E-state index in [-0.39, 0.29) is 22.7 Å². The fraction of sp³-hybridized carbons (Fsp3) is 0.176. The van der Waals surface area contributed by atoms with Crippen molar-refractivity contribution in [3.05, 3.63) is 62.7 Å². The van der Waals surface area contributed by atoms with Gasteiger partial charge in [0.2, 0.25) is 0 Å². The molecule has 0 fully saturated rings. The quantitative estimate of drug-likeness (QED) is 0.469. The maximum Gasteiger partial charge on any atom is 0.342 e. The molecule has 9 heteroatoms. The topological polar surface area (TPSA) is 108 Å². The zero-order valence-electron chi connectivity index (χ0n) is 13.9. The minimum absolute atomic E-state index is 0.0827. The number of amides is 1. The molecular formula is C17H15ClN2O6. The number of ether oxygens (including phenoxy) is 2. The van der Waals surface area contributed by atoms with Crippen LogP contribution in [0.2, 0.25) is 5.02 Å². The number of halogens is 1. The first-order valence-corrected chi connectivity index (χ1v) is 7.75. The average molecular weight is 379 g/mol. The van der Waals surface area contributed by atoms with Crippen LogP contribution in [0.15, 0.2) is 36.4 Å². The normalized spacial score (nSPS) is 10.1. The minimum Gasteiger partial charge on any atom is -0.496 e. The van der Waals surface area contributed by atoms with Crippen molar-refractivity contribution in [3.8, 4) is 5.75 Å². The van der Waals surface area contributed by atoms with E-state index in [1.54, 1.807) is 13.0 Å². The maximum atomic E-state index is 12.1. The van der Waals surface area contributed by atoms with Gasteiger partial charge in [-0.1, -0.05) is 17.7 Å². The van der Waals surface area contributed by atoms with Crippen molar-refractivity contribution in [3.63, 3.8) is 0 Å². The molecule has 0 unspecified atom stereocenters. The lowest BCUT2D eigenvalue weighted by Crippen LogP contribution is -2.21. The average Bonchev–Trinajstić information content (AvgIpc) is 2.61. The monoisotopic (exact) mass is 378 g/mol. The van der Waals surface area contributed by atoms with Gasteiger partial charge in [-0.3, -0.25) is 14.9 Å². The number of hydrogen-bond donors (Lipinski definition) is 1. The number of carbonyl (C=O) groups is 2. The number of carbonyl (C=O) groups excluding carboxylic acids is 2. The van der Waals surface area contributed by atoms with Crippen molar-refractivity contribution in [2.24, 2.45) is 0 Å². The predicted octanol–water partition coefficient (Wildman–Crippen LogP) is 3.36. The van der Waals surface area contributed by atoms with Crippen molar-refractivity contribution in [2.45, 2.75) is 6.92 Å². The lowest BCUT2D eigenvalue weighted by molar-refractivity contribution is -0.384. The fourth-order valence-corrected chi connectivity index (χ4v) is 2.27. The molecule has 0 saturated carbocycles. The van der Waals surface area contributed by atoms with Gasteiger partial charge in [-0.2, -0.15) is 0 Å². The second-order valence-electron chi connectivity index (χ2n) is 5.23. The minimum atomic E-state index is -0.782. The molecule has 2 aromatic carbocycles. The van der Waals surface area contributed by atoms with Crippen LogP contribution >= 0.6 is 11.6 Å². The SMILES string of the molecule is COc1ccc(Cl)cc1C(=O)OCC(=O)Nc1cc([N+](=O)[O-])ccc1C. The van der Waals surface area contributed by atoms with E-state index in [0.29, 0.717) is 10.6 Å². The summed E-state index contributed by atoms with van der Waals surface area (Å²) in [7, 11) is 1.39. The van der Waals surface area contributed by atoms with Gasteiger partial charge in [0.1, 0.15) is 11.3 Å². The van der Waals surface area contributed by atoms with E-state index < -0.39 is 23.4 Å². The molecule has 0 aliphatic rings. The molecule has 136 valence electrons. The highest BCUT2D eigenvalue weighted by Crippen LogP contribution is 2.24. The second kappa shape index (κ2) is 8.30. The van der Waals surface area contributed by atoms with Crippen LogP contribution in [0.1, 0.15) is 15.9 Å². The van der Waals surface area contributed by atoms with Gasteiger partial charge in [0.15, 0.2) is 6.61 Å². The Morgan fingerprint density at radius 3 is 2.62 bits per heavy atom. The van der Waals surface area contributed by atoms with E-state index in [1.807, 2.05) is 0 Å². The molecule has 0 atom stereocenters. The molecule has 0 aliphatic carbocycles. The number of nitrogens with zero attached hydrogens (tertiary/aromatic N) is 1. The first kappa shape index (κ1) is 19.2. The predicted molar refractivity (Wildman–Crippen MR) is 94.7 cm³/mol. The summed E-state index contributed by atoms with van der Waals surface area (Å²) in [5.41, 5.74) is 0.818. The molecule has 0 aromatic heterocycles. The van der Waals surface area contributed by atoms with Gasteiger partial charge in [0, 0.05) is 17.2 Å². The molecule has 1 N–H and O–H groups in total. The Balaban J connectivity index is 2.03. The lowest BCUT2D eigenvalue weighted by atomic mass is 10.2. The summed E-state index contributed by atoms with van der Waals surface area (Å²) < 4.78 is 10.0. The maximum absolute atomic E-state index is 12.1. The van der Waals surface area contributed by atoms with Gasteiger partial charge in [-0.25, -0.2) is 4.79 Å². The van der Waals surface area contributed by atoms with E-state index >= 15 is 0 Å². The van der Waals surface area contributed by atoms with Crippen molar-refractivity contribution >= 4 is 34.9 Å². The third-order valence-corrected chi connectivity index (χ3v) is 3.66. The van der Waals surface area contributed by atoms with Crippen molar-refractivity contribution in [1.29, 1.82) is 0 Å². The number of hydrogen-bond acceptors (Lipinski definition) is 6. The van der Waals surface area contributed by atoms with Crippen molar-refractivity contribution < 1.29 is 24.0 Å². The van der Waals surface area contributed by atoms with Gasteiger partial charge < -0.3 is 14.8 Å². The van der Waals surface area contributed by atoms with Crippen LogP contribution in [0.3, 0.4) is 0 Å². The largest absolute Gasteiger partial charge is 0.496 e. The van der Waals surface area contributed by atoms with Crippen LogP contribution in [-0.4, -0.2) is 30.5 Å². The Bertz CT molecular complexity index is 868. The third kappa shape index (κ3) is 4.70. The lowest BCUT2D eigenvalue weighted by Gasteiger charge is -2.10. The van der Waals surface area contributed by atoms with E-state index in [1.165, 1.54) is 37.4 Å². The van der Waals surface area contributed by atoms with Gasteiger partial charge in [-0.15, -0.1) is 0 Å². The summed E-state index contributed by atoms with van der Waals surface area (Å²) in [6.45, 7) is 1.11. The first-order valence-electron chi connectivity index (χ1n) is 7.37. The summed E-state index contributed by atoms with van der Waals surface area (Å²) in [5, 5.41) is 13.6. The van der Waals surface area contributed by atoms with E-state index in [4.69, 9.17) is 21.1 Å². The Hall–Kier alpha value is -3.13. The number of nitrogens with one attached hydrogen (secondary N) is 1. The molecule has 8 nitrogen and oxygen atoms in total. The highest BCUT2D eigenvalue weighted by molar-refractivity contribution is 6.31. The standard InChI is InChI=1S/C17H15ClN2O6/c1-10-3-5-12(20(23)24)8-14(10)19-16(21)9-26-17(22)13-7-11(18)4-6-15(13)25-2/h3-8H,9H2,1-2H3,(H,19,21). The van der Waals surface area contributed by atoms with E-state index in [0.717, 1.165) is 0 Å². The van der Waals surface area contributed by atoms with Crippen LogP contribution in [0.4, 0.5) is 11.4 Å². The van der Waals surface area contributed by atoms with Gasteiger partial charge in [-0.05, 0) is 30.7 Å². The third-order valence-electron chi connectivity index (χ3n) is 3.42. The molecule has 0 bridgehead atoms. The number of non-ortho nitro benzene ring substituents is 1. The highest BCUT2D eigenvalue weighted by Gasteiger charge is 2.17. The number of esters is 1. The number of rotatable bonds is 6.